The zero-order valence-corrected chi connectivity index (χ0v) is 11.3. The van der Waals surface area contributed by atoms with Crippen LogP contribution in [0.2, 0.25) is 5.02 Å². The van der Waals surface area contributed by atoms with E-state index in [0.717, 1.165) is 12.0 Å². The molecule has 1 heterocycles. The van der Waals surface area contributed by atoms with Crippen molar-refractivity contribution >= 4 is 11.6 Å². The fraction of sp³-hybridized carbons (Fsp3) is 0.312. The predicted octanol–water partition coefficient (Wildman–Crippen LogP) is 3.44. The Balaban J connectivity index is 1.64. The van der Waals surface area contributed by atoms with Gasteiger partial charge in [0.05, 0.1) is 11.1 Å². The van der Waals surface area contributed by atoms with Crippen LogP contribution in [0, 0.1) is 5.92 Å². The third kappa shape index (κ3) is 2.80. The second kappa shape index (κ2) is 5.32. The zero-order valence-electron chi connectivity index (χ0n) is 10.5. The van der Waals surface area contributed by atoms with Gasteiger partial charge in [0, 0.05) is 18.8 Å². The van der Waals surface area contributed by atoms with Crippen LogP contribution in [0.25, 0.3) is 0 Å². The summed E-state index contributed by atoms with van der Waals surface area (Å²) in [6, 6.07) is 12.3. The lowest BCUT2D eigenvalue weighted by atomic mass is 10.0. The molecular weight excluding hydrogens is 258 g/mol. The van der Waals surface area contributed by atoms with Crippen LogP contribution in [0.5, 0.6) is 0 Å². The fourth-order valence-corrected chi connectivity index (χ4v) is 2.87. The molecule has 0 saturated heterocycles. The Hall–Kier alpha value is -1.38. The maximum atomic E-state index is 10.3. The molecule has 1 saturated carbocycles. The monoisotopic (exact) mass is 273 g/mol. The Bertz CT molecular complexity index is 558. The molecule has 2 nitrogen and oxygen atoms in total. The van der Waals surface area contributed by atoms with Crippen LogP contribution in [0.3, 0.4) is 0 Å². The molecule has 0 bridgehead atoms. The lowest BCUT2D eigenvalue weighted by molar-refractivity contribution is 0.149. The van der Waals surface area contributed by atoms with E-state index in [1.54, 1.807) is 12.4 Å². The van der Waals surface area contributed by atoms with Gasteiger partial charge in [-0.25, -0.2) is 0 Å². The molecule has 1 N–H and O–H groups in total. The molecule has 1 aromatic heterocycles. The SMILES string of the molecule is OC(Cc1ccncc1Cl)C1CC1c1ccccc1. The van der Waals surface area contributed by atoms with Gasteiger partial charge >= 0.3 is 0 Å². The van der Waals surface area contributed by atoms with Gasteiger partial charge in [0.25, 0.3) is 0 Å². The topological polar surface area (TPSA) is 33.1 Å². The molecule has 1 fully saturated rings. The van der Waals surface area contributed by atoms with Crippen LogP contribution in [-0.2, 0) is 6.42 Å². The third-order valence-electron chi connectivity index (χ3n) is 3.85. The van der Waals surface area contributed by atoms with Crippen molar-refractivity contribution in [2.45, 2.75) is 24.9 Å². The van der Waals surface area contributed by atoms with Crippen molar-refractivity contribution in [1.82, 2.24) is 4.98 Å². The quantitative estimate of drug-likeness (QED) is 0.926. The number of hydrogen-bond donors (Lipinski definition) is 1. The largest absolute Gasteiger partial charge is 0.392 e. The van der Waals surface area contributed by atoms with Gasteiger partial charge in [-0.15, -0.1) is 0 Å². The van der Waals surface area contributed by atoms with Gasteiger partial charge in [0.15, 0.2) is 0 Å². The molecule has 0 spiro atoms. The van der Waals surface area contributed by atoms with E-state index in [-0.39, 0.29) is 6.10 Å². The number of rotatable bonds is 4. The second-order valence-electron chi connectivity index (χ2n) is 5.16. The highest BCUT2D eigenvalue weighted by Gasteiger charge is 2.43. The molecule has 0 amide bonds. The lowest BCUT2D eigenvalue weighted by Gasteiger charge is -2.11. The first kappa shape index (κ1) is 12.6. The predicted molar refractivity (Wildman–Crippen MR) is 76.2 cm³/mol. The van der Waals surface area contributed by atoms with Gasteiger partial charge in [0.1, 0.15) is 0 Å². The van der Waals surface area contributed by atoms with Gasteiger partial charge < -0.3 is 5.11 Å². The van der Waals surface area contributed by atoms with Gasteiger partial charge in [-0.1, -0.05) is 41.9 Å². The summed E-state index contributed by atoms with van der Waals surface area (Å²) in [5, 5.41) is 11.0. The number of hydrogen-bond acceptors (Lipinski definition) is 2. The van der Waals surface area contributed by atoms with E-state index in [1.165, 1.54) is 5.56 Å². The molecule has 1 aliphatic carbocycles. The smallest absolute Gasteiger partial charge is 0.0622 e. The van der Waals surface area contributed by atoms with Gasteiger partial charge in [-0.05, 0) is 35.4 Å². The molecule has 3 atom stereocenters. The molecule has 1 aromatic carbocycles. The van der Waals surface area contributed by atoms with Gasteiger partial charge in [-0.2, -0.15) is 0 Å². The number of pyridine rings is 1. The lowest BCUT2D eigenvalue weighted by Crippen LogP contribution is -2.14. The summed E-state index contributed by atoms with van der Waals surface area (Å²) in [6.07, 6.45) is 4.69. The van der Waals surface area contributed by atoms with Gasteiger partial charge in [-0.3, -0.25) is 4.98 Å². The molecule has 3 rings (SSSR count). The maximum absolute atomic E-state index is 10.3. The maximum Gasteiger partial charge on any atom is 0.0622 e. The Morgan fingerprint density at radius 2 is 2.05 bits per heavy atom. The summed E-state index contributed by atoms with van der Waals surface area (Å²) in [6.45, 7) is 0. The van der Waals surface area contributed by atoms with E-state index in [9.17, 15) is 5.11 Å². The van der Waals surface area contributed by atoms with Crippen molar-refractivity contribution in [3.8, 4) is 0 Å². The van der Waals surface area contributed by atoms with Crippen LogP contribution >= 0.6 is 11.6 Å². The molecule has 98 valence electrons. The molecule has 3 unspecified atom stereocenters. The Morgan fingerprint density at radius 3 is 2.79 bits per heavy atom. The van der Waals surface area contributed by atoms with Crippen LogP contribution < -0.4 is 0 Å². The van der Waals surface area contributed by atoms with Crippen molar-refractivity contribution in [1.29, 1.82) is 0 Å². The molecule has 0 aliphatic heterocycles. The minimum Gasteiger partial charge on any atom is -0.392 e. The van der Waals surface area contributed by atoms with Crippen molar-refractivity contribution in [3.05, 3.63) is 64.9 Å². The van der Waals surface area contributed by atoms with Crippen LogP contribution in [0.4, 0.5) is 0 Å². The van der Waals surface area contributed by atoms with Crippen LogP contribution in [0.1, 0.15) is 23.5 Å². The fourth-order valence-electron chi connectivity index (χ4n) is 2.67. The molecule has 1 aliphatic rings. The zero-order chi connectivity index (χ0) is 13.2. The Kier molecular flexibility index (Phi) is 3.54. The van der Waals surface area contributed by atoms with E-state index in [0.29, 0.717) is 23.3 Å². The number of aromatic nitrogens is 1. The number of aliphatic hydroxyl groups excluding tert-OH is 1. The van der Waals surface area contributed by atoms with Crippen molar-refractivity contribution < 1.29 is 5.11 Å². The van der Waals surface area contributed by atoms with E-state index in [1.807, 2.05) is 12.1 Å². The van der Waals surface area contributed by atoms with Crippen molar-refractivity contribution in [2.24, 2.45) is 5.92 Å². The van der Waals surface area contributed by atoms with Crippen LogP contribution in [-0.4, -0.2) is 16.2 Å². The first-order chi connectivity index (χ1) is 9.25. The summed E-state index contributed by atoms with van der Waals surface area (Å²) in [4.78, 5) is 3.96. The summed E-state index contributed by atoms with van der Waals surface area (Å²) >= 11 is 6.07. The Labute approximate surface area is 118 Å². The van der Waals surface area contributed by atoms with Gasteiger partial charge in [0.2, 0.25) is 0 Å². The molecule has 2 aromatic rings. The molecule has 19 heavy (non-hydrogen) atoms. The summed E-state index contributed by atoms with van der Waals surface area (Å²) < 4.78 is 0. The average molecular weight is 274 g/mol. The number of aliphatic hydroxyl groups is 1. The van der Waals surface area contributed by atoms with Crippen molar-refractivity contribution in [2.75, 3.05) is 0 Å². The molecule has 0 radical (unpaired) electrons. The number of benzene rings is 1. The number of halogens is 1. The normalized spacial score (nSPS) is 23.1. The standard InChI is InChI=1S/C16H16ClNO/c17-15-10-18-7-6-12(15)8-16(19)14-9-13(14)11-4-2-1-3-5-11/h1-7,10,13-14,16,19H,8-9H2. The highest BCUT2D eigenvalue weighted by Crippen LogP contribution is 2.50. The minimum absolute atomic E-state index is 0.329. The second-order valence-corrected chi connectivity index (χ2v) is 5.56. The van der Waals surface area contributed by atoms with E-state index < -0.39 is 0 Å². The van der Waals surface area contributed by atoms with E-state index in [2.05, 4.69) is 29.2 Å². The number of nitrogens with zero attached hydrogens (tertiary/aromatic N) is 1. The highest BCUT2D eigenvalue weighted by molar-refractivity contribution is 6.31. The highest BCUT2D eigenvalue weighted by atomic mass is 35.5. The third-order valence-corrected chi connectivity index (χ3v) is 4.19. The minimum atomic E-state index is -0.329. The first-order valence-corrected chi connectivity index (χ1v) is 6.95. The summed E-state index contributed by atoms with van der Waals surface area (Å²) in [5.74, 6) is 0.850. The van der Waals surface area contributed by atoms with Crippen molar-refractivity contribution in [3.63, 3.8) is 0 Å². The molecule has 3 heteroatoms. The summed E-state index contributed by atoms with van der Waals surface area (Å²) in [5.41, 5.74) is 2.30. The molecular formula is C16H16ClNO. The van der Waals surface area contributed by atoms with E-state index in [4.69, 9.17) is 11.6 Å². The summed E-state index contributed by atoms with van der Waals surface area (Å²) in [7, 11) is 0. The first-order valence-electron chi connectivity index (χ1n) is 6.57. The Morgan fingerprint density at radius 1 is 1.26 bits per heavy atom. The average Bonchev–Trinajstić information content (AvgIpc) is 3.23. The van der Waals surface area contributed by atoms with E-state index >= 15 is 0 Å². The van der Waals surface area contributed by atoms with Crippen LogP contribution in [0.15, 0.2) is 48.8 Å².